The van der Waals surface area contributed by atoms with Gasteiger partial charge in [0.15, 0.2) is 6.04 Å². The van der Waals surface area contributed by atoms with Crippen LogP contribution in [0.2, 0.25) is 0 Å². The second-order valence-corrected chi connectivity index (χ2v) is 6.79. The molecule has 1 aliphatic heterocycles. The van der Waals surface area contributed by atoms with E-state index in [0.29, 0.717) is 5.92 Å². The Morgan fingerprint density at radius 3 is 2.35 bits per heavy atom. The fraction of sp³-hybridized carbons (Fsp3) is 0.556. The summed E-state index contributed by atoms with van der Waals surface area (Å²) < 4.78 is 0. The molecular formula is C18H28N3O2+. The van der Waals surface area contributed by atoms with Crippen molar-refractivity contribution in [3.05, 3.63) is 29.8 Å². The van der Waals surface area contributed by atoms with Gasteiger partial charge in [0.05, 0.1) is 13.1 Å². The molecular weight excluding hydrogens is 290 g/mol. The summed E-state index contributed by atoms with van der Waals surface area (Å²) in [5.41, 5.74) is 7.41. The summed E-state index contributed by atoms with van der Waals surface area (Å²) in [5.74, 6) is 0.147. The van der Waals surface area contributed by atoms with E-state index in [-0.39, 0.29) is 23.8 Å². The van der Waals surface area contributed by atoms with Crippen molar-refractivity contribution >= 4 is 17.5 Å². The van der Waals surface area contributed by atoms with Gasteiger partial charge in [0.25, 0.3) is 5.91 Å². The van der Waals surface area contributed by atoms with E-state index in [1.807, 2.05) is 25.1 Å². The molecule has 1 aromatic carbocycles. The zero-order valence-corrected chi connectivity index (χ0v) is 14.3. The van der Waals surface area contributed by atoms with Gasteiger partial charge in [0.1, 0.15) is 0 Å². The van der Waals surface area contributed by atoms with Crippen molar-refractivity contribution in [3.8, 4) is 0 Å². The SMILES string of the molecule is CC(C)c1ccccc1NC(=O)[C@H](C)[NH+]1CCC(C(N)=O)CC1. The molecule has 126 valence electrons. The maximum atomic E-state index is 12.6. The molecule has 1 fully saturated rings. The van der Waals surface area contributed by atoms with Gasteiger partial charge >= 0.3 is 0 Å². The van der Waals surface area contributed by atoms with Crippen molar-refractivity contribution in [2.45, 2.75) is 45.6 Å². The predicted molar refractivity (Wildman–Crippen MR) is 91.2 cm³/mol. The van der Waals surface area contributed by atoms with E-state index in [0.717, 1.165) is 37.2 Å². The van der Waals surface area contributed by atoms with Crippen molar-refractivity contribution < 1.29 is 14.5 Å². The molecule has 0 unspecified atom stereocenters. The highest BCUT2D eigenvalue weighted by Crippen LogP contribution is 2.23. The number of carbonyl (C=O) groups excluding carboxylic acids is 2. The molecule has 0 aliphatic carbocycles. The molecule has 1 heterocycles. The number of hydrogen-bond acceptors (Lipinski definition) is 2. The van der Waals surface area contributed by atoms with E-state index < -0.39 is 0 Å². The Kier molecular flexibility index (Phi) is 5.77. The lowest BCUT2D eigenvalue weighted by atomic mass is 9.95. The van der Waals surface area contributed by atoms with Crippen LogP contribution in [0.4, 0.5) is 5.69 Å². The first-order valence-electron chi connectivity index (χ1n) is 8.43. The fourth-order valence-corrected chi connectivity index (χ4v) is 3.25. The number of nitrogens with two attached hydrogens (primary N) is 1. The average molecular weight is 318 g/mol. The lowest BCUT2D eigenvalue weighted by Gasteiger charge is -2.31. The molecule has 5 heteroatoms. The minimum absolute atomic E-state index is 0.0318. The quantitative estimate of drug-likeness (QED) is 0.755. The molecule has 2 amide bonds. The van der Waals surface area contributed by atoms with Crippen molar-refractivity contribution in [2.24, 2.45) is 11.7 Å². The van der Waals surface area contributed by atoms with Crippen LogP contribution in [0.1, 0.15) is 45.1 Å². The van der Waals surface area contributed by atoms with Crippen LogP contribution >= 0.6 is 0 Å². The first-order valence-corrected chi connectivity index (χ1v) is 8.43. The number of nitrogens with one attached hydrogen (secondary N) is 2. The third-order valence-electron chi connectivity index (χ3n) is 4.88. The van der Waals surface area contributed by atoms with Crippen molar-refractivity contribution in [1.82, 2.24) is 0 Å². The third-order valence-corrected chi connectivity index (χ3v) is 4.88. The summed E-state index contributed by atoms with van der Waals surface area (Å²) in [4.78, 5) is 25.0. The highest BCUT2D eigenvalue weighted by Gasteiger charge is 2.32. The number of hydrogen-bond donors (Lipinski definition) is 3. The zero-order chi connectivity index (χ0) is 17.0. The number of carbonyl (C=O) groups is 2. The minimum atomic E-state index is -0.216. The lowest BCUT2D eigenvalue weighted by Crippen LogP contribution is -3.17. The van der Waals surface area contributed by atoms with Gasteiger partial charge in [-0.1, -0.05) is 32.0 Å². The Morgan fingerprint density at radius 1 is 1.17 bits per heavy atom. The number of piperidine rings is 1. The highest BCUT2D eigenvalue weighted by atomic mass is 16.2. The Labute approximate surface area is 138 Å². The molecule has 1 aromatic rings. The van der Waals surface area contributed by atoms with Crippen molar-refractivity contribution in [2.75, 3.05) is 18.4 Å². The predicted octanol–water partition coefficient (Wildman–Crippen LogP) is 0.917. The van der Waals surface area contributed by atoms with Crippen LogP contribution in [0.15, 0.2) is 24.3 Å². The number of rotatable bonds is 5. The number of para-hydroxylation sites is 1. The van der Waals surface area contributed by atoms with Crippen LogP contribution in [-0.2, 0) is 9.59 Å². The number of anilines is 1. The van der Waals surface area contributed by atoms with E-state index in [2.05, 4.69) is 25.2 Å². The van der Waals surface area contributed by atoms with Crippen LogP contribution < -0.4 is 16.0 Å². The fourth-order valence-electron chi connectivity index (χ4n) is 3.25. The molecule has 0 bridgehead atoms. The Bertz CT molecular complexity index is 563. The second kappa shape index (κ2) is 7.59. The van der Waals surface area contributed by atoms with Gasteiger partial charge in [0.2, 0.25) is 5.91 Å². The zero-order valence-electron chi connectivity index (χ0n) is 14.3. The summed E-state index contributed by atoms with van der Waals surface area (Å²) in [6.07, 6.45) is 1.54. The standard InChI is InChI=1S/C18H27N3O2/c1-12(2)15-6-4-5-7-16(15)20-18(23)13(3)21-10-8-14(9-11-21)17(19)22/h4-7,12-14H,8-11H2,1-3H3,(H2,19,22)(H,20,23)/p+1/t13-/m0/s1. The average Bonchev–Trinajstić information content (AvgIpc) is 2.54. The van der Waals surface area contributed by atoms with Crippen LogP contribution in [0.5, 0.6) is 0 Å². The Hall–Kier alpha value is -1.88. The summed E-state index contributed by atoms with van der Waals surface area (Å²) in [5, 5.41) is 3.07. The molecule has 0 radical (unpaired) electrons. The molecule has 23 heavy (non-hydrogen) atoms. The normalized spacial score (nSPS) is 22.6. The number of amides is 2. The molecule has 0 spiro atoms. The van der Waals surface area contributed by atoms with Gasteiger partial charge in [0, 0.05) is 24.4 Å². The number of likely N-dealkylation sites (tertiary alicyclic amines) is 1. The first kappa shape index (κ1) is 17.5. The van der Waals surface area contributed by atoms with Gasteiger partial charge in [-0.25, -0.2) is 0 Å². The van der Waals surface area contributed by atoms with E-state index in [9.17, 15) is 9.59 Å². The van der Waals surface area contributed by atoms with Gasteiger partial charge < -0.3 is 16.0 Å². The van der Waals surface area contributed by atoms with Gasteiger partial charge in [-0.05, 0) is 24.5 Å². The topological polar surface area (TPSA) is 76.6 Å². The smallest absolute Gasteiger partial charge is 0.282 e. The lowest BCUT2D eigenvalue weighted by molar-refractivity contribution is -0.919. The molecule has 1 aliphatic rings. The largest absolute Gasteiger partial charge is 0.369 e. The molecule has 0 aromatic heterocycles. The summed E-state index contributed by atoms with van der Waals surface area (Å²) in [6.45, 7) is 7.82. The van der Waals surface area contributed by atoms with Crippen LogP contribution in [-0.4, -0.2) is 30.9 Å². The molecule has 1 saturated heterocycles. The van der Waals surface area contributed by atoms with Gasteiger partial charge in [-0.3, -0.25) is 9.59 Å². The second-order valence-electron chi connectivity index (χ2n) is 6.79. The number of quaternary nitrogens is 1. The van der Waals surface area contributed by atoms with Crippen LogP contribution in [0.3, 0.4) is 0 Å². The maximum Gasteiger partial charge on any atom is 0.282 e. The van der Waals surface area contributed by atoms with E-state index in [1.54, 1.807) is 0 Å². The maximum absolute atomic E-state index is 12.6. The monoisotopic (exact) mass is 318 g/mol. The number of primary amides is 1. The Balaban J connectivity index is 1.97. The molecule has 4 N–H and O–H groups in total. The van der Waals surface area contributed by atoms with Crippen LogP contribution in [0.25, 0.3) is 0 Å². The van der Waals surface area contributed by atoms with Crippen molar-refractivity contribution in [1.29, 1.82) is 0 Å². The van der Waals surface area contributed by atoms with Crippen LogP contribution in [0, 0.1) is 5.92 Å². The third kappa shape index (κ3) is 4.32. The Morgan fingerprint density at radius 2 is 1.78 bits per heavy atom. The van der Waals surface area contributed by atoms with E-state index >= 15 is 0 Å². The van der Waals surface area contributed by atoms with Gasteiger partial charge in [-0.2, -0.15) is 0 Å². The first-order chi connectivity index (χ1) is 10.9. The summed E-state index contributed by atoms with van der Waals surface area (Å²) in [6, 6.07) is 7.81. The van der Waals surface area contributed by atoms with Gasteiger partial charge in [-0.15, -0.1) is 0 Å². The number of benzene rings is 1. The highest BCUT2D eigenvalue weighted by molar-refractivity contribution is 5.94. The molecule has 1 atom stereocenters. The molecule has 5 nitrogen and oxygen atoms in total. The summed E-state index contributed by atoms with van der Waals surface area (Å²) >= 11 is 0. The minimum Gasteiger partial charge on any atom is -0.369 e. The van der Waals surface area contributed by atoms with E-state index in [4.69, 9.17) is 5.73 Å². The molecule has 0 saturated carbocycles. The molecule has 2 rings (SSSR count). The van der Waals surface area contributed by atoms with Crippen molar-refractivity contribution in [3.63, 3.8) is 0 Å². The van der Waals surface area contributed by atoms with E-state index in [1.165, 1.54) is 4.90 Å². The summed E-state index contributed by atoms with van der Waals surface area (Å²) in [7, 11) is 0.